The standard InChI is InChI=1S/C23H32N2O.C3H6.CH2O2/c1-17(2)15-25(16-18(3)4)22-9-7-6-8-21(22)24-23(26)14-20-12-10-19(5)11-13-20;1-2-3-1;2-1-3/h6-13,17-18H,14-16H2,1-5H3,(H,24,26);1-3H2;1H,(H,2,3). The fourth-order valence-electron chi connectivity index (χ4n) is 3.09. The highest BCUT2D eigenvalue weighted by molar-refractivity contribution is 5.95. The van der Waals surface area contributed by atoms with Gasteiger partial charge in [-0.15, -0.1) is 0 Å². The molecular weight excluding hydrogens is 400 g/mol. The summed E-state index contributed by atoms with van der Waals surface area (Å²) in [6.45, 7) is 12.7. The van der Waals surface area contributed by atoms with Crippen LogP contribution >= 0.6 is 0 Å². The van der Waals surface area contributed by atoms with Gasteiger partial charge in [0.2, 0.25) is 5.91 Å². The highest BCUT2D eigenvalue weighted by Gasteiger charge is 2.15. The van der Waals surface area contributed by atoms with Crippen LogP contribution in [0.15, 0.2) is 48.5 Å². The molecule has 2 aromatic rings. The number of para-hydroxylation sites is 2. The Morgan fingerprint density at radius 3 is 1.94 bits per heavy atom. The van der Waals surface area contributed by atoms with Gasteiger partial charge in [-0.1, -0.05) is 88.9 Å². The van der Waals surface area contributed by atoms with Crippen LogP contribution in [0.25, 0.3) is 0 Å². The topological polar surface area (TPSA) is 69.6 Å². The van der Waals surface area contributed by atoms with Crippen molar-refractivity contribution in [1.82, 2.24) is 0 Å². The van der Waals surface area contributed by atoms with Crippen LogP contribution in [0.4, 0.5) is 11.4 Å². The summed E-state index contributed by atoms with van der Waals surface area (Å²) in [6.07, 6.45) is 4.89. The summed E-state index contributed by atoms with van der Waals surface area (Å²) in [4.78, 5) is 23.3. The van der Waals surface area contributed by atoms with E-state index in [-0.39, 0.29) is 12.4 Å². The summed E-state index contributed by atoms with van der Waals surface area (Å²) in [6, 6.07) is 16.2. The zero-order valence-corrected chi connectivity index (χ0v) is 20.3. The maximum Gasteiger partial charge on any atom is 0.290 e. The van der Waals surface area contributed by atoms with Crippen molar-refractivity contribution < 1.29 is 14.7 Å². The second-order valence-electron chi connectivity index (χ2n) is 9.09. The number of rotatable bonds is 8. The van der Waals surface area contributed by atoms with Gasteiger partial charge in [0.05, 0.1) is 17.8 Å². The molecule has 5 heteroatoms. The van der Waals surface area contributed by atoms with Crippen molar-refractivity contribution >= 4 is 23.8 Å². The normalized spacial score (nSPS) is 11.6. The number of carbonyl (C=O) groups is 2. The molecule has 5 nitrogen and oxygen atoms in total. The van der Waals surface area contributed by atoms with Crippen LogP contribution in [0.1, 0.15) is 58.1 Å². The van der Waals surface area contributed by atoms with Crippen LogP contribution in [0, 0.1) is 18.8 Å². The molecule has 1 amide bonds. The van der Waals surface area contributed by atoms with E-state index in [4.69, 9.17) is 9.90 Å². The Bertz CT molecular complexity index is 786. The van der Waals surface area contributed by atoms with Crippen molar-refractivity contribution in [1.29, 1.82) is 0 Å². The van der Waals surface area contributed by atoms with E-state index >= 15 is 0 Å². The van der Waals surface area contributed by atoms with Crippen LogP contribution in [0.5, 0.6) is 0 Å². The van der Waals surface area contributed by atoms with Crippen molar-refractivity contribution in [2.45, 2.75) is 60.3 Å². The lowest BCUT2D eigenvalue weighted by molar-refractivity contribution is -0.123. The number of anilines is 2. The molecule has 2 N–H and O–H groups in total. The molecule has 1 fully saturated rings. The minimum atomic E-state index is -0.250. The Morgan fingerprint density at radius 2 is 1.47 bits per heavy atom. The van der Waals surface area contributed by atoms with E-state index in [9.17, 15) is 4.79 Å². The van der Waals surface area contributed by atoms with Gasteiger partial charge in [-0.05, 0) is 36.5 Å². The number of carbonyl (C=O) groups excluding carboxylic acids is 1. The molecule has 0 bridgehead atoms. The Kier molecular flexibility index (Phi) is 12.8. The van der Waals surface area contributed by atoms with Crippen molar-refractivity contribution in [2.24, 2.45) is 11.8 Å². The Hall–Kier alpha value is -2.82. The highest BCUT2D eigenvalue weighted by atomic mass is 16.3. The van der Waals surface area contributed by atoms with E-state index in [2.05, 4.69) is 50.9 Å². The van der Waals surface area contributed by atoms with Crippen molar-refractivity contribution in [3.05, 3.63) is 59.7 Å². The molecule has 32 heavy (non-hydrogen) atoms. The van der Waals surface area contributed by atoms with Gasteiger partial charge in [-0.25, -0.2) is 0 Å². The summed E-state index contributed by atoms with van der Waals surface area (Å²) in [5, 5.41) is 10.0. The van der Waals surface area contributed by atoms with E-state index in [0.717, 1.165) is 30.0 Å². The Labute approximate surface area is 193 Å². The zero-order valence-electron chi connectivity index (χ0n) is 20.3. The third-order valence-corrected chi connectivity index (χ3v) is 4.53. The summed E-state index contributed by atoms with van der Waals surface area (Å²) in [7, 11) is 0. The first-order chi connectivity index (χ1) is 15.3. The van der Waals surface area contributed by atoms with Gasteiger partial charge < -0.3 is 15.3 Å². The largest absolute Gasteiger partial charge is 0.483 e. The molecule has 0 radical (unpaired) electrons. The van der Waals surface area contributed by atoms with Crippen molar-refractivity contribution in [3.63, 3.8) is 0 Å². The van der Waals surface area contributed by atoms with E-state index in [1.807, 2.05) is 42.5 Å². The lowest BCUT2D eigenvalue weighted by atomic mass is 10.1. The quantitative estimate of drug-likeness (QED) is 0.482. The Morgan fingerprint density at radius 1 is 0.969 bits per heavy atom. The number of hydrogen-bond donors (Lipinski definition) is 2. The van der Waals surface area contributed by atoms with Gasteiger partial charge in [0.25, 0.3) is 6.47 Å². The molecule has 0 aliphatic heterocycles. The van der Waals surface area contributed by atoms with Crippen LogP contribution in [-0.4, -0.2) is 30.6 Å². The fraction of sp³-hybridized carbons (Fsp3) is 0.481. The van der Waals surface area contributed by atoms with Crippen molar-refractivity contribution in [2.75, 3.05) is 23.3 Å². The smallest absolute Gasteiger partial charge is 0.290 e. The first kappa shape index (κ1) is 27.2. The van der Waals surface area contributed by atoms with Gasteiger partial charge in [-0.2, -0.15) is 0 Å². The molecule has 0 heterocycles. The Balaban J connectivity index is 0.000000748. The predicted octanol–water partition coefficient (Wildman–Crippen LogP) is 6.17. The molecule has 3 rings (SSSR count). The minimum absolute atomic E-state index is 0.0235. The summed E-state index contributed by atoms with van der Waals surface area (Å²) in [5.74, 6) is 1.14. The molecule has 0 unspecified atom stereocenters. The second kappa shape index (κ2) is 15.1. The molecule has 0 spiro atoms. The van der Waals surface area contributed by atoms with E-state index in [1.54, 1.807) is 0 Å². The molecule has 2 aromatic carbocycles. The van der Waals surface area contributed by atoms with E-state index in [1.165, 1.54) is 24.8 Å². The van der Waals surface area contributed by atoms with Gasteiger partial charge in [0, 0.05) is 13.1 Å². The molecule has 0 aromatic heterocycles. The van der Waals surface area contributed by atoms with Gasteiger partial charge in [0.15, 0.2) is 0 Å². The van der Waals surface area contributed by atoms with Crippen molar-refractivity contribution in [3.8, 4) is 0 Å². The molecular formula is C27H40N2O3. The number of carboxylic acid groups (broad SMARTS) is 1. The molecule has 0 saturated heterocycles. The first-order valence-electron chi connectivity index (χ1n) is 11.5. The number of nitrogens with zero attached hydrogens (tertiary/aromatic N) is 1. The molecule has 176 valence electrons. The van der Waals surface area contributed by atoms with Gasteiger partial charge in [-0.3, -0.25) is 9.59 Å². The minimum Gasteiger partial charge on any atom is -0.483 e. The molecule has 0 atom stereocenters. The average molecular weight is 441 g/mol. The number of aryl methyl sites for hydroxylation is 1. The highest BCUT2D eigenvalue weighted by Crippen LogP contribution is 2.27. The number of amides is 1. The average Bonchev–Trinajstić information content (AvgIpc) is 3.59. The van der Waals surface area contributed by atoms with E-state index in [0.29, 0.717) is 18.3 Å². The number of benzene rings is 2. The summed E-state index contributed by atoms with van der Waals surface area (Å²) < 4.78 is 0. The lowest BCUT2D eigenvalue weighted by Gasteiger charge is -2.30. The van der Waals surface area contributed by atoms with E-state index < -0.39 is 0 Å². The third-order valence-electron chi connectivity index (χ3n) is 4.53. The SMILES string of the molecule is C1CC1.Cc1ccc(CC(=O)Nc2ccccc2N(CC(C)C)CC(C)C)cc1.O=CO. The molecule has 1 saturated carbocycles. The van der Waals surface area contributed by atoms with Crippen LogP contribution in [0.3, 0.4) is 0 Å². The second-order valence-corrected chi connectivity index (χ2v) is 9.09. The summed E-state index contributed by atoms with van der Waals surface area (Å²) in [5.41, 5.74) is 4.24. The number of nitrogens with one attached hydrogen (secondary N) is 1. The fourth-order valence-corrected chi connectivity index (χ4v) is 3.09. The molecule has 1 aliphatic rings. The predicted molar refractivity (Wildman–Crippen MR) is 134 cm³/mol. The zero-order chi connectivity index (χ0) is 23.9. The number of hydrogen-bond acceptors (Lipinski definition) is 3. The monoisotopic (exact) mass is 440 g/mol. The van der Waals surface area contributed by atoms with Crippen LogP contribution in [0.2, 0.25) is 0 Å². The summed E-state index contributed by atoms with van der Waals surface area (Å²) >= 11 is 0. The third kappa shape index (κ3) is 12.1. The molecule has 1 aliphatic carbocycles. The van der Waals surface area contributed by atoms with Gasteiger partial charge >= 0.3 is 0 Å². The van der Waals surface area contributed by atoms with Gasteiger partial charge in [0.1, 0.15) is 0 Å². The maximum atomic E-state index is 12.6. The van der Waals surface area contributed by atoms with Crippen LogP contribution in [-0.2, 0) is 16.0 Å². The maximum absolute atomic E-state index is 12.6. The first-order valence-corrected chi connectivity index (χ1v) is 11.5. The van der Waals surface area contributed by atoms with Crippen LogP contribution < -0.4 is 10.2 Å². The lowest BCUT2D eigenvalue weighted by Crippen LogP contribution is -2.32.